The SMILES string of the molecule is Cc1cnc(CNC(=O)c2cccc(Cl)n2)cn1. The average molecular weight is 263 g/mol. The summed E-state index contributed by atoms with van der Waals surface area (Å²) in [4.78, 5) is 23.9. The lowest BCUT2D eigenvalue weighted by Crippen LogP contribution is -2.24. The lowest BCUT2D eigenvalue weighted by Gasteiger charge is -2.04. The van der Waals surface area contributed by atoms with E-state index in [2.05, 4.69) is 20.3 Å². The summed E-state index contributed by atoms with van der Waals surface area (Å²) in [6.07, 6.45) is 3.28. The topological polar surface area (TPSA) is 67.8 Å². The molecule has 0 spiro atoms. The molecular formula is C12H11ClN4O. The number of carbonyl (C=O) groups is 1. The summed E-state index contributed by atoms with van der Waals surface area (Å²) in [7, 11) is 0. The van der Waals surface area contributed by atoms with Crippen LogP contribution in [0.5, 0.6) is 0 Å². The molecule has 0 aliphatic heterocycles. The molecule has 0 aliphatic rings. The Labute approximate surface area is 109 Å². The van der Waals surface area contributed by atoms with Crippen molar-refractivity contribution >= 4 is 17.5 Å². The Morgan fingerprint density at radius 3 is 2.83 bits per heavy atom. The second-order valence-corrected chi connectivity index (χ2v) is 4.06. The van der Waals surface area contributed by atoms with Crippen molar-refractivity contribution in [3.8, 4) is 0 Å². The molecular weight excluding hydrogens is 252 g/mol. The normalized spacial score (nSPS) is 10.1. The van der Waals surface area contributed by atoms with Crippen LogP contribution in [0.4, 0.5) is 0 Å². The smallest absolute Gasteiger partial charge is 0.270 e. The highest BCUT2D eigenvalue weighted by atomic mass is 35.5. The number of amides is 1. The third-order valence-corrected chi connectivity index (χ3v) is 2.42. The van der Waals surface area contributed by atoms with E-state index in [0.29, 0.717) is 12.2 Å². The molecule has 0 saturated carbocycles. The van der Waals surface area contributed by atoms with Crippen LogP contribution in [0.2, 0.25) is 5.15 Å². The molecule has 6 heteroatoms. The predicted octanol–water partition coefficient (Wildman–Crippen LogP) is 1.76. The molecule has 2 heterocycles. The van der Waals surface area contributed by atoms with E-state index in [0.717, 1.165) is 5.69 Å². The van der Waals surface area contributed by atoms with Gasteiger partial charge in [-0.05, 0) is 19.1 Å². The molecule has 92 valence electrons. The van der Waals surface area contributed by atoms with E-state index in [9.17, 15) is 4.79 Å². The summed E-state index contributed by atoms with van der Waals surface area (Å²) in [5, 5.41) is 2.99. The number of rotatable bonds is 3. The van der Waals surface area contributed by atoms with Gasteiger partial charge in [0.2, 0.25) is 0 Å². The van der Waals surface area contributed by atoms with Gasteiger partial charge in [-0.1, -0.05) is 17.7 Å². The van der Waals surface area contributed by atoms with Crippen LogP contribution in [0.25, 0.3) is 0 Å². The number of hydrogen-bond acceptors (Lipinski definition) is 4. The molecule has 2 aromatic rings. The quantitative estimate of drug-likeness (QED) is 0.856. The molecule has 0 bridgehead atoms. The van der Waals surface area contributed by atoms with Crippen molar-refractivity contribution in [1.82, 2.24) is 20.3 Å². The summed E-state index contributed by atoms with van der Waals surface area (Å²) in [6.45, 7) is 2.16. The third kappa shape index (κ3) is 3.24. The Morgan fingerprint density at radius 2 is 2.17 bits per heavy atom. The summed E-state index contributed by atoms with van der Waals surface area (Å²) in [5.74, 6) is -0.292. The second kappa shape index (κ2) is 5.55. The van der Waals surface area contributed by atoms with E-state index in [1.165, 1.54) is 0 Å². The van der Waals surface area contributed by atoms with E-state index >= 15 is 0 Å². The molecule has 0 unspecified atom stereocenters. The Hall–Kier alpha value is -2.01. The minimum absolute atomic E-state index is 0.280. The fourth-order valence-electron chi connectivity index (χ4n) is 1.31. The number of nitrogens with zero attached hydrogens (tertiary/aromatic N) is 3. The molecule has 5 nitrogen and oxygen atoms in total. The van der Waals surface area contributed by atoms with Crippen molar-refractivity contribution < 1.29 is 4.79 Å². The van der Waals surface area contributed by atoms with Crippen molar-refractivity contribution in [3.05, 3.63) is 52.8 Å². The van der Waals surface area contributed by atoms with Crippen molar-refractivity contribution in [1.29, 1.82) is 0 Å². The average Bonchev–Trinajstić information content (AvgIpc) is 2.38. The number of halogens is 1. The molecule has 1 N–H and O–H groups in total. The fraction of sp³-hybridized carbons (Fsp3) is 0.167. The third-order valence-electron chi connectivity index (χ3n) is 2.21. The minimum atomic E-state index is -0.292. The standard InChI is InChI=1S/C12H11ClN4O/c1-8-5-15-9(6-14-8)7-16-12(18)10-3-2-4-11(13)17-10/h2-6H,7H2,1H3,(H,16,18). The van der Waals surface area contributed by atoms with Crippen LogP contribution >= 0.6 is 11.6 Å². The zero-order valence-electron chi connectivity index (χ0n) is 9.72. The van der Waals surface area contributed by atoms with Crippen LogP contribution in [-0.2, 0) is 6.54 Å². The molecule has 2 aromatic heterocycles. The van der Waals surface area contributed by atoms with Crippen LogP contribution in [0.3, 0.4) is 0 Å². The van der Waals surface area contributed by atoms with E-state index in [-0.39, 0.29) is 16.8 Å². The molecule has 18 heavy (non-hydrogen) atoms. The highest BCUT2D eigenvalue weighted by molar-refractivity contribution is 6.29. The summed E-state index contributed by atoms with van der Waals surface area (Å²) >= 11 is 5.71. The first-order valence-corrected chi connectivity index (χ1v) is 5.71. The van der Waals surface area contributed by atoms with Gasteiger partial charge >= 0.3 is 0 Å². The first-order valence-electron chi connectivity index (χ1n) is 5.33. The highest BCUT2D eigenvalue weighted by Gasteiger charge is 2.07. The van der Waals surface area contributed by atoms with Gasteiger partial charge in [-0.2, -0.15) is 0 Å². The molecule has 0 aromatic carbocycles. The van der Waals surface area contributed by atoms with E-state index in [4.69, 9.17) is 11.6 Å². The van der Waals surface area contributed by atoms with E-state index < -0.39 is 0 Å². The monoisotopic (exact) mass is 262 g/mol. The van der Waals surface area contributed by atoms with Crippen LogP contribution in [0, 0.1) is 6.92 Å². The number of pyridine rings is 1. The number of hydrogen-bond donors (Lipinski definition) is 1. The molecule has 0 saturated heterocycles. The van der Waals surface area contributed by atoms with Crippen molar-refractivity contribution in [3.63, 3.8) is 0 Å². The van der Waals surface area contributed by atoms with Crippen LogP contribution in [0.1, 0.15) is 21.9 Å². The summed E-state index contributed by atoms with van der Waals surface area (Å²) in [5.41, 5.74) is 1.81. The van der Waals surface area contributed by atoms with Crippen LogP contribution < -0.4 is 5.32 Å². The first kappa shape index (κ1) is 12.4. The number of nitrogens with one attached hydrogen (secondary N) is 1. The lowest BCUT2D eigenvalue weighted by molar-refractivity contribution is 0.0945. The Morgan fingerprint density at radius 1 is 1.33 bits per heavy atom. The summed E-state index contributed by atoms with van der Waals surface area (Å²) < 4.78 is 0. The zero-order chi connectivity index (χ0) is 13.0. The Kier molecular flexibility index (Phi) is 3.84. The second-order valence-electron chi connectivity index (χ2n) is 3.68. The largest absolute Gasteiger partial charge is 0.345 e. The van der Waals surface area contributed by atoms with Crippen molar-refractivity contribution in [2.24, 2.45) is 0 Å². The Bertz CT molecular complexity index is 556. The van der Waals surface area contributed by atoms with Gasteiger partial charge in [0.15, 0.2) is 0 Å². The maximum absolute atomic E-state index is 11.8. The maximum Gasteiger partial charge on any atom is 0.270 e. The molecule has 0 aliphatic carbocycles. The summed E-state index contributed by atoms with van der Waals surface area (Å²) in [6, 6.07) is 4.89. The van der Waals surface area contributed by atoms with Gasteiger partial charge in [0.05, 0.1) is 24.1 Å². The highest BCUT2D eigenvalue weighted by Crippen LogP contribution is 2.05. The lowest BCUT2D eigenvalue weighted by atomic mass is 10.3. The Balaban J connectivity index is 1.98. The van der Waals surface area contributed by atoms with Gasteiger partial charge in [0.25, 0.3) is 5.91 Å². The number of aromatic nitrogens is 3. The fourth-order valence-corrected chi connectivity index (χ4v) is 1.47. The molecule has 0 radical (unpaired) electrons. The van der Waals surface area contributed by atoms with Gasteiger partial charge < -0.3 is 5.32 Å². The number of carbonyl (C=O) groups excluding carboxylic acids is 1. The first-order chi connectivity index (χ1) is 8.65. The van der Waals surface area contributed by atoms with Crippen LogP contribution in [0.15, 0.2) is 30.6 Å². The zero-order valence-corrected chi connectivity index (χ0v) is 10.5. The molecule has 0 atom stereocenters. The van der Waals surface area contributed by atoms with E-state index in [1.54, 1.807) is 30.6 Å². The van der Waals surface area contributed by atoms with Gasteiger partial charge in [0, 0.05) is 6.20 Å². The maximum atomic E-state index is 11.8. The van der Waals surface area contributed by atoms with E-state index in [1.807, 2.05) is 6.92 Å². The van der Waals surface area contributed by atoms with Gasteiger partial charge in [-0.3, -0.25) is 14.8 Å². The predicted molar refractivity (Wildman–Crippen MR) is 67.2 cm³/mol. The minimum Gasteiger partial charge on any atom is -0.345 e. The molecule has 2 rings (SSSR count). The molecule has 0 fully saturated rings. The van der Waals surface area contributed by atoms with Gasteiger partial charge in [-0.25, -0.2) is 4.98 Å². The van der Waals surface area contributed by atoms with Crippen molar-refractivity contribution in [2.45, 2.75) is 13.5 Å². The van der Waals surface area contributed by atoms with Gasteiger partial charge in [0.1, 0.15) is 10.8 Å². The molecule has 1 amide bonds. The van der Waals surface area contributed by atoms with Gasteiger partial charge in [-0.15, -0.1) is 0 Å². The van der Waals surface area contributed by atoms with Crippen LogP contribution in [-0.4, -0.2) is 20.9 Å². The van der Waals surface area contributed by atoms with Crippen molar-refractivity contribution in [2.75, 3.05) is 0 Å². The number of aryl methyl sites for hydroxylation is 1.